The Labute approximate surface area is 139 Å². The number of hydrogen-bond acceptors (Lipinski definition) is 8. The highest BCUT2D eigenvalue weighted by atomic mass is 16.2. The first kappa shape index (κ1) is 17.3. The van der Waals surface area contributed by atoms with Gasteiger partial charge in [0.2, 0.25) is 17.8 Å². The van der Waals surface area contributed by atoms with Crippen molar-refractivity contribution in [3.8, 4) is 0 Å². The zero-order valence-corrected chi connectivity index (χ0v) is 14.1. The Morgan fingerprint density at radius 3 is 2.29 bits per heavy atom. The maximum absolute atomic E-state index is 12.0. The molecule has 0 saturated carbocycles. The van der Waals surface area contributed by atoms with Gasteiger partial charge in [0.05, 0.1) is 6.54 Å². The number of rotatable bonds is 6. The van der Waals surface area contributed by atoms with Crippen LogP contribution in [0.15, 0.2) is 23.1 Å². The molecular formula is C14H20N8O2. The predicted octanol–water partition coefficient (Wildman–Crippen LogP) is -1.12. The first-order valence-corrected chi connectivity index (χ1v) is 7.25. The van der Waals surface area contributed by atoms with Crippen molar-refractivity contribution in [1.29, 1.82) is 0 Å². The average molecular weight is 332 g/mol. The Morgan fingerprint density at radius 1 is 1.12 bits per heavy atom. The standard InChI is InChI=1S/C14H20N8O2/c1-20(2)13-17-10(18-14(19-13)21(3)4)8-15-11(23)9-22-12(24)6-5-7-16-22/h5-7H,8-9H2,1-4H3,(H,15,23). The van der Waals surface area contributed by atoms with Crippen molar-refractivity contribution in [2.75, 3.05) is 38.0 Å². The highest BCUT2D eigenvalue weighted by Gasteiger charge is 2.11. The van der Waals surface area contributed by atoms with Crippen LogP contribution in [0.4, 0.5) is 11.9 Å². The number of carbonyl (C=O) groups excluding carboxylic acids is 1. The quantitative estimate of drug-likeness (QED) is 0.708. The molecule has 0 atom stereocenters. The van der Waals surface area contributed by atoms with E-state index in [0.29, 0.717) is 17.7 Å². The molecule has 0 aliphatic heterocycles. The lowest BCUT2D eigenvalue weighted by Gasteiger charge is -2.16. The summed E-state index contributed by atoms with van der Waals surface area (Å²) in [6.45, 7) is -0.0313. The van der Waals surface area contributed by atoms with Gasteiger partial charge in [-0.3, -0.25) is 9.59 Å². The summed E-state index contributed by atoms with van der Waals surface area (Å²) in [6.07, 6.45) is 1.45. The topological polar surface area (TPSA) is 109 Å². The first-order chi connectivity index (χ1) is 11.4. The van der Waals surface area contributed by atoms with E-state index in [0.717, 1.165) is 4.68 Å². The minimum atomic E-state index is -0.353. The molecule has 0 aliphatic rings. The van der Waals surface area contributed by atoms with E-state index in [2.05, 4.69) is 25.4 Å². The second kappa shape index (κ2) is 7.49. The van der Waals surface area contributed by atoms with Gasteiger partial charge in [-0.05, 0) is 6.07 Å². The lowest BCUT2D eigenvalue weighted by atomic mass is 10.5. The van der Waals surface area contributed by atoms with Gasteiger partial charge in [-0.15, -0.1) is 0 Å². The number of anilines is 2. The van der Waals surface area contributed by atoms with E-state index in [1.807, 2.05) is 28.2 Å². The van der Waals surface area contributed by atoms with Crippen LogP contribution >= 0.6 is 0 Å². The zero-order chi connectivity index (χ0) is 17.7. The van der Waals surface area contributed by atoms with Gasteiger partial charge in [0.1, 0.15) is 6.54 Å². The molecule has 128 valence electrons. The number of aromatic nitrogens is 5. The van der Waals surface area contributed by atoms with Crippen LogP contribution in [0.3, 0.4) is 0 Å². The fourth-order valence-electron chi connectivity index (χ4n) is 1.75. The second-order valence-electron chi connectivity index (χ2n) is 5.44. The SMILES string of the molecule is CN(C)c1nc(CNC(=O)Cn2ncccc2=O)nc(N(C)C)n1. The van der Waals surface area contributed by atoms with E-state index in [4.69, 9.17) is 0 Å². The van der Waals surface area contributed by atoms with Crippen molar-refractivity contribution in [2.45, 2.75) is 13.1 Å². The molecular weight excluding hydrogens is 312 g/mol. The second-order valence-corrected chi connectivity index (χ2v) is 5.44. The van der Waals surface area contributed by atoms with Gasteiger partial charge in [0.15, 0.2) is 5.82 Å². The van der Waals surface area contributed by atoms with Crippen LogP contribution in [0.5, 0.6) is 0 Å². The van der Waals surface area contributed by atoms with E-state index in [9.17, 15) is 9.59 Å². The average Bonchev–Trinajstić information content (AvgIpc) is 2.54. The molecule has 2 aromatic heterocycles. The normalized spacial score (nSPS) is 10.3. The third kappa shape index (κ3) is 4.48. The smallest absolute Gasteiger partial charge is 0.267 e. The van der Waals surface area contributed by atoms with Gasteiger partial charge in [-0.25, -0.2) is 4.68 Å². The Bertz CT molecular complexity index is 745. The van der Waals surface area contributed by atoms with Crippen molar-refractivity contribution >= 4 is 17.8 Å². The molecule has 0 fully saturated rings. The van der Waals surface area contributed by atoms with Crippen molar-refractivity contribution in [3.05, 3.63) is 34.5 Å². The Kier molecular flexibility index (Phi) is 5.40. The van der Waals surface area contributed by atoms with E-state index in [1.165, 1.54) is 18.3 Å². The highest BCUT2D eigenvalue weighted by molar-refractivity contribution is 5.75. The summed E-state index contributed by atoms with van der Waals surface area (Å²) in [5.74, 6) is 1.07. The minimum absolute atomic E-state index is 0.130. The Morgan fingerprint density at radius 2 is 1.75 bits per heavy atom. The molecule has 0 saturated heterocycles. The molecule has 0 bridgehead atoms. The van der Waals surface area contributed by atoms with Gasteiger partial charge in [-0.2, -0.15) is 20.1 Å². The number of amides is 1. The molecule has 10 heteroatoms. The summed E-state index contributed by atoms with van der Waals surface area (Å²) >= 11 is 0. The molecule has 2 heterocycles. The molecule has 0 unspecified atom stereocenters. The fourth-order valence-corrected chi connectivity index (χ4v) is 1.75. The molecule has 1 N–H and O–H groups in total. The van der Waals surface area contributed by atoms with Gasteiger partial charge in [-0.1, -0.05) is 0 Å². The molecule has 0 aliphatic carbocycles. The van der Waals surface area contributed by atoms with Crippen molar-refractivity contribution in [3.63, 3.8) is 0 Å². The first-order valence-electron chi connectivity index (χ1n) is 7.25. The van der Waals surface area contributed by atoms with Crippen LogP contribution in [0, 0.1) is 0 Å². The van der Waals surface area contributed by atoms with Crippen LogP contribution in [0.2, 0.25) is 0 Å². The molecule has 24 heavy (non-hydrogen) atoms. The summed E-state index contributed by atoms with van der Waals surface area (Å²) in [5, 5.41) is 6.52. The lowest BCUT2D eigenvalue weighted by Crippen LogP contribution is -2.33. The third-order valence-electron chi connectivity index (χ3n) is 2.98. The number of carbonyl (C=O) groups is 1. The van der Waals surface area contributed by atoms with Crippen molar-refractivity contribution < 1.29 is 4.79 Å². The Balaban J connectivity index is 2.07. The van der Waals surface area contributed by atoms with Gasteiger partial charge < -0.3 is 15.1 Å². The maximum atomic E-state index is 12.0. The van der Waals surface area contributed by atoms with Crippen LogP contribution in [0.25, 0.3) is 0 Å². The van der Waals surface area contributed by atoms with E-state index < -0.39 is 0 Å². The fraction of sp³-hybridized carbons (Fsp3) is 0.429. The zero-order valence-electron chi connectivity index (χ0n) is 14.1. The Hall–Kier alpha value is -3.04. The largest absolute Gasteiger partial charge is 0.347 e. The van der Waals surface area contributed by atoms with Crippen LogP contribution in [0.1, 0.15) is 5.82 Å². The minimum Gasteiger partial charge on any atom is -0.347 e. The molecule has 2 rings (SSSR count). The van der Waals surface area contributed by atoms with Crippen LogP contribution < -0.4 is 20.7 Å². The molecule has 2 aromatic rings. The number of nitrogens with zero attached hydrogens (tertiary/aromatic N) is 7. The molecule has 0 radical (unpaired) electrons. The maximum Gasteiger partial charge on any atom is 0.267 e. The lowest BCUT2D eigenvalue weighted by molar-refractivity contribution is -0.122. The van der Waals surface area contributed by atoms with Crippen molar-refractivity contribution in [1.82, 2.24) is 30.0 Å². The van der Waals surface area contributed by atoms with E-state index in [1.54, 1.807) is 9.80 Å². The third-order valence-corrected chi connectivity index (χ3v) is 2.98. The summed E-state index contributed by atoms with van der Waals surface area (Å²) in [5.41, 5.74) is -0.336. The van der Waals surface area contributed by atoms with Gasteiger partial charge in [0, 0.05) is 40.5 Å². The molecule has 0 aromatic carbocycles. The monoisotopic (exact) mass is 332 g/mol. The highest BCUT2D eigenvalue weighted by Crippen LogP contribution is 2.10. The molecule has 0 spiro atoms. The van der Waals surface area contributed by atoms with E-state index >= 15 is 0 Å². The van der Waals surface area contributed by atoms with Gasteiger partial charge in [0.25, 0.3) is 5.56 Å². The van der Waals surface area contributed by atoms with Crippen LogP contribution in [-0.2, 0) is 17.9 Å². The van der Waals surface area contributed by atoms with Crippen molar-refractivity contribution in [2.24, 2.45) is 0 Å². The number of hydrogen-bond donors (Lipinski definition) is 1. The predicted molar refractivity (Wildman–Crippen MR) is 88.8 cm³/mol. The summed E-state index contributed by atoms with van der Waals surface area (Å²) in [4.78, 5) is 39.9. The molecule has 1 amide bonds. The summed E-state index contributed by atoms with van der Waals surface area (Å²) in [6, 6.07) is 2.87. The van der Waals surface area contributed by atoms with E-state index in [-0.39, 0.29) is 24.6 Å². The number of nitrogens with one attached hydrogen (secondary N) is 1. The van der Waals surface area contributed by atoms with Crippen LogP contribution in [-0.4, -0.2) is 58.8 Å². The molecule has 10 nitrogen and oxygen atoms in total. The van der Waals surface area contributed by atoms with Gasteiger partial charge >= 0.3 is 0 Å². The summed E-state index contributed by atoms with van der Waals surface area (Å²) in [7, 11) is 7.30. The summed E-state index contributed by atoms with van der Waals surface area (Å²) < 4.78 is 1.08.